The van der Waals surface area contributed by atoms with Crippen molar-refractivity contribution in [2.24, 2.45) is 7.05 Å². The first-order valence-corrected chi connectivity index (χ1v) is 11.8. The standard InChI is InChI=1S/C24H16N6OS2/c1-30-21(18-10-6-12-31-18)28-29-24(30)33-23-17-13-19(15-7-3-2-4-8-15)32-22(17)26-20(27-23)16-9-5-11-25-14-16/h2-14H,1H3. The smallest absolute Gasteiger partial charge is 0.200 e. The van der Waals surface area contributed by atoms with Gasteiger partial charge in [0.1, 0.15) is 9.86 Å². The fourth-order valence-electron chi connectivity index (χ4n) is 3.45. The second-order valence-corrected chi connectivity index (χ2v) is 9.22. The van der Waals surface area contributed by atoms with Gasteiger partial charge in [0.15, 0.2) is 22.6 Å². The van der Waals surface area contributed by atoms with Gasteiger partial charge in [0.05, 0.1) is 6.26 Å². The molecule has 0 saturated carbocycles. The van der Waals surface area contributed by atoms with Gasteiger partial charge >= 0.3 is 0 Å². The minimum absolute atomic E-state index is 0.632. The van der Waals surface area contributed by atoms with Crippen LogP contribution in [-0.4, -0.2) is 29.7 Å². The molecule has 9 heteroatoms. The van der Waals surface area contributed by atoms with Gasteiger partial charge in [-0.1, -0.05) is 30.3 Å². The number of furan rings is 1. The van der Waals surface area contributed by atoms with Crippen molar-refractivity contribution in [3.63, 3.8) is 0 Å². The molecule has 0 spiro atoms. The molecular weight excluding hydrogens is 452 g/mol. The Balaban J connectivity index is 1.49. The third-order valence-corrected chi connectivity index (χ3v) is 7.22. The molecule has 0 radical (unpaired) electrons. The number of benzene rings is 1. The number of aromatic nitrogens is 6. The van der Waals surface area contributed by atoms with E-state index in [4.69, 9.17) is 14.4 Å². The summed E-state index contributed by atoms with van der Waals surface area (Å²) in [5.41, 5.74) is 2.02. The number of fused-ring (bicyclic) bond motifs is 1. The Morgan fingerprint density at radius 2 is 1.82 bits per heavy atom. The van der Waals surface area contributed by atoms with Crippen molar-refractivity contribution in [2.45, 2.75) is 10.2 Å². The summed E-state index contributed by atoms with van der Waals surface area (Å²) in [6.07, 6.45) is 5.14. The molecule has 160 valence electrons. The van der Waals surface area contributed by atoms with Crippen LogP contribution in [0.1, 0.15) is 0 Å². The van der Waals surface area contributed by atoms with Gasteiger partial charge in [-0.2, -0.15) is 0 Å². The fraction of sp³-hybridized carbons (Fsp3) is 0.0417. The summed E-state index contributed by atoms with van der Waals surface area (Å²) < 4.78 is 7.41. The van der Waals surface area contributed by atoms with Crippen LogP contribution in [0.5, 0.6) is 0 Å². The van der Waals surface area contributed by atoms with Gasteiger partial charge in [0.25, 0.3) is 0 Å². The topological polar surface area (TPSA) is 82.5 Å². The molecule has 0 aliphatic heterocycles. The highest BCUT2D eigenvalue weighted by Crippen LogP contribution is 2.39. The lowest BCUT2D eigenvalue weighted by Gasteiger charge is -2.06. The Morgan fingerprint density at radius 1 is 0.939 bits per heavy atom. The van der Waals surface area contributed by atoms with Crippen molar-refractivity contribution >= 4 is 33.3 Å². The first-order valence-electron chi connectivity index (χ1n) is 10.1. The molecule has 7 nitrogen and oxygen atoms in total. The van der Waals surface area contributed by atoms with Crippen LogP contribution in [0.25, 0.3) is 43.6 Å². The van der Waals surface area contributed by atoms with Crippen LogP contribution in [0.15, 0.2) is 93.9 Å². The van der Waals surface area contributed by atoms with Crippen molar-refractivity contribution in [1.82, 2.24) is 29.7 Å². The molecule has 1 aromatic carbocycles. The molecule has 6 rings (SSSR count). The molecule has 0 atom stereocenters. The number of hydrogen-bond donors (Lipinski definition) is 0. The Hall–Kier alpha value is -3.82. The predicted octanol–water partition coefficient (Wildman–Crippen LogP) is 5.96. The number of hydrogen-bond acceptors (Lipinski definition) is 8. The molecule has 5 heterocycles. The summed E-state index contributed by atoms with van der Waals surface area (Å²) in [4.78, 5) is 16.0. The van der Waals surface area contributed by atoms with E-state index in [1.165, 1.54) is 11.8 Å². The first kappa shape index (κ1) is 19.8. The van der Waals surface area contributed by atoms with Gasteiger partial charge in [-0.05, 0) is 47.7 Å². The maximum Gasteiger partial charge on any atom is 0.200 e. The van der Waals surface area contributed by atoms with Gasteiger partial charge in [-0.3, -0.25) is 4.98 Å². The molecular formula is C24H16N6OS2. The van der Waals surface area contributed by atoms with Crippen LogP contribution in [-0.2, 0) is 7.05 Å². The Kier molecular flexibility index (Phi) is 4.97. The zero-order valence-electron chi connectivity index (χ0n) is 17.4. The van der Waals surface area contributed by atoms with Gasteiger partial charge < -0.3 is 8.98 Å². The molecule has 0 N–H and O–H groups in total. The van der Waals surface area contributed by atoms with Gasteiger partial charge in [0.2, 0.25) is 0 Å². The number of rotatable bonds is 5. The van der Waals surface area contributed by atoms with Crippen molar-refractivity contribution < 1.29 is 4.42 Å². The van der Waals surface area contributed by atoms with Crippen LogP contribution in [0, 0.1) is 0 Å². The lowest BCUT2D eigenvalue weighted by molar-refractivity contribution is 0.572. The molecule has 0 saturated heterocycles. The molecule has 0 unspecified atom stereocenters. The van der Waals surface area contributed by atoms with E-state index in [1.54, 1.807) is 30.0 Å². The Morgan fingerprint density at radius 3 is 2.61 bits per heavy atom. The van der Waals surface area contributed by atoms with Gasteiger partial charge in [0, 0.05) is 35.3 Å². The SMILES string of the molecule is Cn1c(Sc2nc(-c3cccnc3)nc3sc(-c4ccccc4)cc23)nnc1-c1ccco1. The summed E-state index contributed by atoms with van der Waals surface area (Å²) >= 11 is 3.11. The number of nitrogens with zero attached hydrogens (tertiary/aromatic N) is 6. The lowest BCUT2D eigenvalue weighted by Crippen LogP contribution is -1.96. The predicted molar refractivity (Wildman–Crippen MR) is 129 cm³/mol. The second-order valence-electron chi connectivity index (χ2n) is 7.23. The maximum absolute atomic E-state index is 5.50. The van der Waals surface area contributed by atoms with Gasteiger partial charge in [-0.15, -0.1) is 21.5 Å². The van der Waals surface area contributed by atoms with E-state index in [2.05, 4.69) is 33.4 Å². The van der Waals surface area contributed by atoms with E-state index >= 15 is 0 Å². The van der Waals surface area contributed by atoms with Crippen LogP contribution in [0.2, 0.25) is 0 Å². The molecule has 6 aromatic rings. The maximum atomic E-state index is 5.50. The molecule has 5 aromatic heterocycles. The van der Waals surface area contributed by atoms with E-state index in [-0.39, 0.29) is 0 Å². The minimum Gasteiger partial charge on any atom is -0.461 e. The van der Waals surface area contributed by atoms with E-state index in [1.807, 2.05) is 54.1 Å². The van der Waals surface area contributed by atoms with E-state index in [0.717, 1.165) is 31.2 Å². The zero-order chi connectivity index (χ0) is 22.2. The molecule has 0 fully saturated rings. The van der Waals surface area contributed by atoms with Crippen LogP contribution < -0.4 is 0 Å². The molecule has 0 bridgehead atoms. The third-order valence-electron chi connectivity index (χ3n) is 5.10. The molecule has 0 aliphatic rings. The summed E-state index contributed by atoms with van der Waals surface area (Å²) in [7, 11) is 1.92. The Labute approximate surface area is 197 Å². The van der Waals surface area contributed by atoms with Crippen LogP contribution in [0.4, 0.5) is 0 Å². The van der Waals surface area contributed by atoms with E-state index in [0.29, 0.717) is 22.6 Å². The summed E-state index contributed by atoms with van der Waals surface area (Å²) in [5.74, 6) is 1.96. The highest BCUT2D eigenvalue weighted by Gasteiger charge is 2.19. The molecule has 0 aliphatic carbocycles. The van der Waals surface area contributed by atoms with Gasteiger partial charge in [-0.25, -0.2) is 9.97 Å². The summed E-state index contributed by atoms with van der Waals surface area (Å²) in [6, 6.07) is 20.0. The average Bonchev–Trinajstić information content (AvgIpc) is 3.61. The molecule has 0 amide bonds. The summed E-state index contributed by atoms with van der Waals surface area (Å²) in [5, 5.41) is 11.2. The zero-order valence-corrected chi connectivity index (χ0v) is 19.0. The largest absolute Gasteiger partial charge is 0.461 e. The second kappa shape index (κ2) is 8.27. The molecule has 33 heavy (non-hydrogen) atoms. The van der Waals surface area contributed by atoms with Crippen LogP contribution >= 0.6 is 23.1 Å². The van der Waals surface area contributed by atoms with Crippen molar-refractivity contribution in [1.29, 1.82) is 0 Å². The monoisotopic (exact) mass is 468 g/mol. The van der Waals surface area contributed by atoms with Crippen molar-refractivity contribution in [3.8, 4) is 33.4 Å². The quantitative estimate of drug-likeness (QED) is 0.289. The highest BCUT2D eigenvalue weighted by molar-refractivity contribution is 7.99. The van der Waals surface area contributed by atoms with E-state index < -0.39 is 0 Å². The van der Waals surface area contributed by atoms with Crippen molar-refractivity contribution in [3.05, 3.63) is 79.3 Å². The normalized spacial score (nSPS) is 11.3. The Bertz CT molecular complexity index is 1540. The number of pyridine rings is 1. The lowest BCUT2D eigenvalue weighted by atomic mass is 10.2. The van der Waals surface area contributed by atoms with Crippen molar-refractivity contribution in [2.75, 3.05) is 0 Å². The first-order chi connectivity index (χ1) is 16.3. The van der Waals surface area contributed by atoms with E-state index in [9.17, 15) is 0 Å². The summed E-state index contributed by atoms with van der Waals surface area (Å²) in [6.45, 7) is 0. The fourth-order valence-corrected chi connectivity index (χ4v) is 5.43. The average molecular weight is 469 g/mol. The van der Waals surface area contributed by atoms with Crippen LogP contribution in [0.3, 0.4) is 0 Å². The third kappa shape index (κ3) is 3.71. The minimum atomic E-state index is 0.632. The highest BCUT2D eigenvalue weighted by atomic mass is 32.2. The number of thiophene rings is 1.